The zero-order valence-corrected chi connectivity index (χ0v) is 37.5. The second kappa shape index (κ2) is 26.8. The molecule has 362 valence electrons. The van der Waals surface area contributed by atoms with Crippen LogP contribution in [0.5, 0.6) is 0 Å². The van der Waals surface area contributed by atoms with Crippen molar-refractivity contribution in [2.75, 3.05) is 26.2 Å². The third kappa shape index (κ3) is 16.9. The Hall–Kier alpha value is -5.87. The first kappa shape index (κ1) is 53.5. The number of hydrogen-bond acceptors (Lipinski definition) is 12. The maximum Gasteiger partial charge on any atom is 0.326 e. The summed E-state index contributed by atoms with van der Waals surface area (Å²) in [6.07, 6.45) is 5.84. The van der Waals surface area contributed by atoms with E-state index in [9.17, 15) is 48.6 Å². The van der Waals surface area contributed by atoms with E-state index in [1.54, 1.807) is 30.3 Å². The summed E-state index contributed by atoms with van der Waals surface area (Å²) < 4.78 is 0. The Morgan fingerprint density at radius 1 is 0.769 bits per heavy atom. The number of aliphatic hydroxyl groups excluding tert-OH is 1. The van der Waals surface area contributed by atoms with Crippen molar-refractivity contribution < 1.29 is 48.6 Å². The van der Waals surface area contributed by atoms with E-state index < -0.39 is 102 Å². The fourth-order valence-corrected chi connectivity index (χ4v) is 7.86. The summed E-state index contributed by atoms with van der Waals surface area (Å²) in [4.78, 5) is 112. The number of unbranched alkanes of at least 4 members (excludes halogenated alkanes) is 1. The summed E-state index contributed by atoms with van der Waals surface area (Å²) >= 11 is 0. The van der Waals surface area contributed by atoms with E-state index in [4.69, 9.17) is 22.9 Å². The van der Waals surface area contributed by atoms with Gasteiger partial charge in [-0.15, -0.1) is 0 Å². The number of aliphatic hydroxyl groups is 1. The summed E-state index contributed by atoms with van der Waals surface area (Å²) in [6, 6.07) is 0.464. The third-order valence-corrected chi connectivity index (χ3v) is 11.7. The van der Waals surface area contributed by atoms with E-state index in [2.05, 4.69) is 36.9 Å². The molecular weight excluding hydrogens is 845 g/mol. The lowest BCUT2D eigenvalue weighted by atomic mass is 9.88. The van der Waals surface area contributed by atoms with E-state index in [-0.39, 0.29) is 51.2 Å². The number of carbonyl (C=O) groups excluding carboxylic acids is 7. The molecule has 1 unspecified atom stereocenters. The number of aliphatic imine (C=N–C) groups is 1. The molecule has 2 fully saturated rings. The number of nitrogens with zero attached hydrogens (tertiary/aromatic N) is 2. The zero-order chi connectivity index (χ0) is 48.1. The van der Waals surface area contributed by atoms with Crippen molar-refractivity contribution >= 4 is 53.3 Å². The van der Waals surface area contributed by atoms with Crippen molar-refractivity contribution in [3.05, 3.63) is 35.9 Å². The molecule has 65 heavy (non-hydrogen) atoms. The number of carboxylic acids is 1. The number of guanidine groups is 1. The normalized spacial score (nSPS) is 18.5. The number of benzene rings is 1. The Morgan fingerprint density at radius 3 is 2.03 bits per heavy atom. The minimum absolute atomic E-state index is 0.0136. The van der Waals surface area contributed by atoms with E-state index in [0.717, 1.165) is 12.8 Å². The average molecular weight is 915 g/mol. The number of carbonyl (C=O) groups is 8. The molecule has 0 radical (unpaired) electrons. The average Bonchev–Trinajstić information content (AvgIpc) is 3.65. The summed E-state index contributed by atoms with van der Waals surface area (Å²) in [6.45, 7) is 2.69. The highest BCUT2D eigenvalue weighted by molar-refractivity contribution is 5.99. The van der Waals surface area contributed by atoms with Gasteiger partial charge >= 0.3 is 5.97 Å². The molecule has 2 aliphatic rings. The topological polar surface area (TPSA) is 369 Å². The van der Waals surface area contributed by atoms with Gasteiger partial charge < -0.3 is 69.9 Å². The molecule has 1 aromatic carbocycles. The first-order chi connectivity index (χ1) is 30.9. The highest BCUT2D eigenvalue weighted by Crippen LogP contribution is 2.28. The number of aliphatic carboxylic acids is 1. The SMILES string of the molecule is CC(NC(=O)[C@H](CCCN=C(N)N)NC(=O)[C@@H](N)CCCCN)C(=O)NC1(C(=O)N[C@@H](C)C(=O)N[C@@H](CO)C(=O)N2CCC[C@H]2C(=O)N[C@@H](Cc2ccccc2)C(=O)O)CCCCCC1. The summed E-state index contributed by atoms with van der Waals surface area (Å²) in [5.74, 6) is -6.28. The number of rotatable bonds is 25. The van der Waals surface area contributed by atoms with Gasteiger partial charge in [0.25, 0.3) is 0 Å². The van der Waals surface area contributed by atoms with Crippen LogP contribution in [0.2, 0.25) is 0 Å². The zero-order valence-electron chi connectivity index (χ0n) is 37.5. The quantitative estimate of drug-likeness (QED) is 0.0209. The molecule has 3 rings (SSSR count). The number of amides is 7. The van der Waals surface area contributed by atoms with Crippen molar-refractivity contribution in [2.45, 2.75) is 152 Å². The van der Waals surface area contributed by atoms with Crippen LogP contribution in [0.15, 0.2) is 35.3 Å². The molecule has 22 heteroatoms. The monoisotopic (exact) mass is 915 g/mol. The van der Waals surface area contributed by atoms with Gasteiger partial charge in [0.2, 0.25) is 41.4 Å². The van der Waals surface area contributed by atoms with Gasteiger partial charge in [0, 0.05) is 19.5 Å². The predicted molar refractivity (Wildman–Crippen MR) is 240 cm³/mol. The van der Waals surface area contributed by atoms with Crippen LogP contribution in [0.25, 0.3) is 0 Å². The summed E-state index contributed by atoms with van der Waals surface area (Å²) in [5, 5.41) is 35.8. The number of carboxylic acid groups (broad SMARTS) is 1. The third-order valence-electron chi connectivity index (χ3n) is 11.7. The number of likely N-dealkylation sites (tertiary alicyclic amines) is 1. The summed E-state index contributed by atoms with van der Waals surface area (Å²) in [7, 11) is 0. The lowest BCUT2D eigenvalue weighted by Crippen LogP contribution is -2.64. The Balaban J connectivity index is 1.67. The molecule has 7 atom stereocenters. The van der Waals surface area contributed by atoms with E-state index in [1.807, 2.05) is 0 Å². The number of hydrogen-bond donors (Lipinski definition) is 12. The van der Waals surface area contributed by atoms with Crippen molar-refractivity contribution in [3.63, 3.8) is 0 Å². The van der Waals surface area contributed by atoms with Gasteiger partial charge in [-0.25, -0.2) is 4.79 Å². The molecule has 22 nitrogen and oxygen atoms in total. The lowest BCUT2D eigenvalue weighted by molar-refractivity contribution is -0.145. The second-order valence-electron chi connectivity index (χ2n) is 16.8. The first-order valence-electron chi connectivity index (χ1n) is 22.5. The Bertz CT molecular complexity index is 1810. The summed E-state index contributed by atoms with van der Waals surface area (Å²) in [5.41, 5.74) is 21.7. The minimum atomic E-state index is -1.50. The Labute approximate surface area is 379 Å². The largest absolute Gasteiger partial charge is 0.480 e. The van der Waals surface area contributed by atoms with Crippen molar-refractivity contribution in [2.24, 2.45) is 27.9 Å². The first-order valence-corrected chi connectivity index (χ1v) is 22.5. The molecule has 1 saturated heterocycles. The maximum atomic E-state index is 14.1. The molecule has 1 heterocycles. The lowest BCUT2D eigenvalue weighted by Gasteiger charge is -2.35. The molecule has 1 saturated carbocycles. The molecule has 1 aromatic rings. The van der Waals surface area contributed by atoms with Crippen molar-refractivity contribution in [3.8, 4) is 0 Å². The fourth-order valence-electron chi connectivity index (χ4n) is 7.86. The van der Waals surface area contributed by atoms with Crippen molar-refractivity contribution in [1.29, 1.82) is 0 Å². The van der Waals surface area contributed by atoms with Crippen LogP contribution in [-0.4, -0.2) is 142 Å². The van der Waals surface area contributed by atoms with Gasteiger partial charge in [0.1, 0.15) is 41.8 Å². The van der Waals surface area contributed by atoms with E-state index in [0.29, 0.717) is 57.1 Å². The van der Waals surface area contributed by atoms with Gasteiger partial charge in [0.05, 0.1) is 12.6 Å². The predicted octanol–water partition coefficient (Wildman–Crippen LogP) is -2.52. The fraction of sp³-hybridized carbons (Fsp3) is 0.651. The van der Waals surface area contributed by atoms with Crippen LogP contribution in [0, 0.1) is 0 Å². The van der Waals surface area contributed by atoms with Gasteiger partial charge in [-0.2, -0.15) is 0 Å². The number of nitrogens with one attached hydrogen (secondary N) is 6. The molecule has 16 N–H and O–H groups in total. The second-order valence-corrected chi connectivity index (χ2v) is 16.8. The molecule has 1 aliphatic heterocycles. The van der Waals surface area contributed by atoms with Crippen LogP contribution in [0.1, 0.15) is 103 Å². The van der Waals surface area contributed by atoms with Crippen LogP contribution >= 0.6 is 0 Å². The van der Waals surface area contributed by atoms with Crippen molar-refractivity contribution in [1.82, 2.24) is 36.8 Å². The van der Waals surface area contributed by atoms with E-state index in [1.165, 1.54) is 18.7 Å². The maximum absolute atomic E-state index is 14.1. The minimum Gasteiger partial charge on any atom is -0.480 e. The van der Waals surface area contributed by atoms with Crippen LogP contribution < -0.4 is 54.8 Å². The van der Waals surface area contributed by atoms with Crippen LogP contribution in [-0.2, 0) is 44.8 Å². The smallest absolute Gasteiger partial charge is 0.326 e. The highest BCUT2D eigenvalue weighted by atomic mass is 16.4. The molecule has 0 aromatic heterocycles. The van der Waals surface area contributed by atoms with Gasteiger partial charge in [-0.05, 0) is 77.3 Å². The van der Waals surface area contributed by atoms with Gasteiger partial charge in [-0.1, -0.05) is 62.4 Å². The highest BCUT2D eigenvalue weighted by Gasteiger charge is 2.43. The Morgan fingerprint density at radius 2 is 1.42 bits per heavy atom. The molecule has 0 spiro atoms. The van der Waals surface area contributed by atoms with Crippen LogP contribution in [0.3, 0.4) is 0 Å². The molecule has 7 amide bonds. The van der Waals surface area contributed by atoms with Crippen LogP contribution in [0.4, 0.5) is 0 Å². The molecule has 1 aliphatic carbocycles. The van der Waals surface area contributed by atoms with Gasteiger partial charge in [-0.3, -0.25) is 38.6 Å². The standard InChI is InChI=1S/C43H70N12O10/c1-26(34(57)53-32(25-56)39(62)55-23-13-18-33(55)38(61)52-31(40(63)64)24-28-14-6-5-7-15-28)50-41(65)43(19-9-3-4-10-20-43)54-35(58)27(2)49-37(60)30(17-12-22-48-42(46)47)51-36(59)29(45)16-8-11-21-44/h5-7,14-15,26-27,29-33,56H,3-4,8-13,16-25,44-45H2,1-2H3,(H,49,60)(H,50,65)(H,51,59)(H,52,61)(H,53,57)(H,54,58)(H,63,64)(H4,46,47,48)/t26-,27?,29-,30-,31-,32-,33-/m0/s1. The molecular formula is C43H70N12O10. The van der Waals surface area contributed by atoms with Gasteiger partial charge in [0.15, 0.2) is 5.96 Å². The molecule has 0 bridgehead atoms. The number of nitrogens with two attached hydrogens (primary N) is 4. The Kier molecular flexibility index (Phi) is 22.1. The van der Waals surface area contributed by atoms with E-state index >= 15 is 0 Å².